The van der Waals surface area contributed by atoms with Crippen LogP contribution < -0.4 is 0 Å². The summed E-state index contributed by atoms with van der Waals surface area (Å²) in [6.07, 6.45) is 0. The quantitative estimate of drug-likeness (QED) is 0.138. The van der Waals surface area contributed by atoms with Gasteiger partial charge in [0.2, 0.25) is 0 Å². The highest BCUT2D eigenvalue weighted by molar-refractivity contribution is 7.26. The molecule has 9 aromatic heterocycles. The number of nitrogens with zero attached hydrogens (tertiary/aromatic N) is 6. The minimum Gasteiger partial charge on any atom is -0.309 e. The fourth-order valence-corrected chi connectivity index (χ4v) is 25.6. The number of thiophene rings is 3. The predicted molar refractivity (Wildman–Crippen MR) is 580 cm³/mol. The zero-order valence-electron chi connectivity index (χ0n) is 72.9. The lowest BCUT2D eigenvalue weighted by molar-refractivity contribution is 1.17. The van der Waals surface area contributed by atoms with Crippen LogP contribution in [0.15, 0.2) is 473 Å². The van der Waals surface area contributed by atoms with Crippen molar-refractivity contribution in [1.82, 2.24) is 27.4 Å². The van der Waals surface area contributed by atoms with E-state index in [9.17, 15) is 0 Å². The molecule has 0 amide bonds. The maximum Gasteiger partial charge on any atom is 0.0555 e. The van der Waals surface area contributed by atoms with Crippen molar-refractivity contribution < 1.29 is 0 Å². The van der Waals surface area contributed by atoms with Crippen LogP contribution in [0.1, 0.15) is 0 Å². The topological polar surface area (TPSA) is 29.6 Å². The number of aromatic nitrogens is 6. The summed E-state index contributed by atoms with van der Waals surface area (Å²) in [7, 11) is 0. The Morgan fingerprint density at radius 2 is 0.385 bits per heavy atom. The van der Waals surface area contributed by atoms with Gasteiger partial charge in [0.05, 0.1) is 83.3 Å². The zero-order chi connectivity index (χ0) is 88.5. The van der Waals surface area contributed by atoms with Crippen molar-refractivity contribution in [2.75, 3.05) is 0 Å². The molecular weight excluding hydrogens is 1690 g/mol. The lowest BCUT2D eigenvalue weighted by Crippen LogP contribution is -1.98. The Morgan fingerprint density at radius 1 is 0.126 bits per heavy atom. The highest BCUT2D eigenvalue weighted by atomic mass is 32.1. The van der Waals surface area contributed by atoms with E-state index in [0.717, 1.165) is 17.1 Å². The van der Waals surface area contributed by atoms with Crippen molar-refractivity contribution in [3.8, 4) is 67.5 Å². The monoisotopic (exact) mass is 1770 g/mol. The fraction of sp³-hybridized carbons (Fsp3) is 0. The number of benzene rings is 21. The molecule has 0 aliphatic rings. The van der Waals surface area contributed by atoms with E-state index in [2.05, 4.69) is 501 Å². The first-order valence-corrected chi connectivity index (χ1v) is 48.5. The molecule has 0 fully saturated rings. The van der Waals surface area contributed by atoms with Crippen LogP contribution in [0.5, 0.6) is 0 Å². The van der Waals surface area contributed by atoms with Gasteiger partial charge in [-0.05, 0) is 180 Å². The number of fused-ring (bicyclic) bond motifs is 28. The third kappa shape index (κ3) is 12.0. The van der Waals surface area contributed by atoms with Crippen molar-refractivity contribution in [2.45, 2.75) is 0 Å². The molecule has 21 aromatic carbocycles. The van der Waals surface area contributed by atoms with Gasteiger partial charge in [-0.25, -0.2) is 0 Å². The highest BCUT2D eigenvalue weighted by Gasteiger charge is 2.26. The van der Waals surface area contributed by atoms with Gasteiger partial charge in [0, 0.05) is 159 Å². The summed E-state index contributed by atoms with van der Waals surface area (Å²) in [6.45, 7) is 0. The Morgan fingerprint density at radius 3 is 0.763 bits per heavy atom. The smallest absolute Gasteiger partial charge is 0.0555 e. The number of rotatable bonds is 9. The molecule has 9 heteroatoms. The van der Waals surface area contributed by atoms with Crippen molar-refractivity contribution in [1.29, 1.82) is 0 Å². The minimum absolute atomic E-state index is 1.16. The van der Waals surface area contributed by atoms with Crippen LogP contribution >= 0.6 is 34.0 Å². The Bertz CT molecular complexity index is 9990. The molecule has 0 spiro atoms. The van der Waals surface area contributed by atoms with Crippen molar-refractivity contribution in [3.05, 3.63) is 473 Å². The highest BCUT2D eigenvalue weighted by Crippen LogP contribution is 2.50. The van der Waals surface area contributed by atoms with Crippen molar-refractivity contribution in [2.24, 2.45) is 0 Å². The standard InChI is InChI=1S/3C42H26N2S/c1-6-19-36(44-38-21-8-2-15-30(38)31-16-3-9-22-39(31)44)29(14-1)27-12-11-13-28(24-27)43-37-20-7-4-17-32(37)34-25-35-33-18-5-10-23-41(33)45-42(35)26-40(34)43;1-6-19-36(44-39-22-9-4-17-32(39)34-25-35-33-18-5-10-23-41(33)45-42(35)26-40(34)44)29(14-1)27-12-11-13-28(24-27)43-37-20-7-2-15-30(37)31-16-3-8-21-38(31)43;1-6-19-34(44-37-22-9-4-17-32(37)41-38(44)24-25-40-42(41)33-18-5-10-23-39(33)45-40)29(14-1)27-12-11-13-28(26-27)43-35-20-7-2-15-30(35)31-16-3-8-21-36(31)43/h3*1-26H. The van der Waals surface area contributed by atoms with E-state index in [4.69, 9.17) is 0 Å². The molecule has 30 aromatic rings. The molecule has 30 rings (SSSR count). The lowest BCUT2D eigenvalue weighted by Gasteiger charge is -2.15. The van der Waals surface area contributed by atoms with Gasteiger partial charge in [-0.15, -0.1) is 34.0 Å². The summed E-state index contributed by atoms with van der Waals surface area (Å²) in [6, 6.07) is 173. The maximum atomic E-state index is 2.47. The second-order valence-corrected chi connectivity index (χ2v) is 38.5. The van der Waals surface area contributed by atoms with Gasteiger partial charge in [0.15, 0.2) is 0 Å². The Balaban J connectivity index is 0.000000101. The Hall–Kier alpha value is -16.9. The first kappa shape index (κ1) is 76.9. The first-order chi connectivity index (χ1) is 67.0. The molecule has 9 heterocycles. The summed E-state index contributed by atoms with van der Waals surface area (Å²) >= 11 is 5.63. The average Bonchev–Trinajstić information content (AvgIpc) is 1.52. The Kier molecular flexibility index (Phi) is 17.6. The van der Waals surface area contributed by atoms with Crippen LogP contribution in [-0.4, -0.2) is 27.4 Å². The normalized spacial score (nSPS) is 12.0. The summed E-state index contributed by atoms with van der Waals surface area (Å²) in [5.74, 6) is 0. The second-order valence-electron chi connectivity index (χ2n) is 35.2. The molecule has 0 N–H and O–H groups in total. The molecule has 6 nitrogen and oxygen atoms in total. The molecule has 0 atom stereocenters. The molecule has 0 aliphatic heterocycles. The van der Waals surface area contributed by atoms with Crippen molar-refractivity contribution >= 4 is 225 Å². The lowest BCUT2D eigenvalue weighted by atomic mass is 10.0. The number of hydrogen-bond acceptors (Lipinski definition) is 3. The van der Waals surface area contributed by atoms with Crippen LogP contribution in [0.4, 0.5) is 0 Å². The number of hydrogen-bond donors (Lipinski definition) is 0. The van der Waals surface area contributed by atoms with E-state index in [1.54, 1.807) is 0 Å². The van der Waals surface area contributed by atoms with Crippen LogP contribution in [0.2, 0.25) is 0 Å². The van der Waals surface area contributed by atoms with E-state index >= 15 is 0 Å². The summed E-state index contributed by atoms with van der Waals surface area (Å²) in [4.78, 5) is 0. The molecule has 0 radical (unpaired) electrons. The van der Waals surface area contributed by atoms with E-state index in [1.165, 1.54) is 242 Å². The Labute approximate surface area is 787 Å². The van der Waals surface area contributed by atoms with Gasteiger partial charge in [0.25, 0.3) is 0 Å². The first-order valence-electron chi connectivity index (χ1n) is 46.1. The van der Waals surface area contributed by atoms with Crippen LogP contribution in [0.25, 0.3) is 259 Å². The van der Waals surface area contributed by atoms with Gasteiger partial charge >= 0.3 is 0 Å². The third-order valence-electron chi connectivity index (χ3n) is 27.9. The maximum absolute atomic E-state index is 2.47. The zero-order valence-corrected chi connectivity index (χ0v) is 75.4. The van der Waals surface area contributed by atoms with Gasteiger partial charge < -0.3 is 27.4 Å². The van der Waals surface area contributed by atoms with E-state index in [1.807, 2.05) is 34.0 Å². The molecule has 135 heavy (non-hydrogen) atoms. The fourth-order valence-electron chi connectivity index (χ4n) is 22.2. The van der Waals surface area contributed by atoms with E-state index < -0.39 is 0 Å². The van der Waals surface area contributed by atoms with Crippen LogP contribution in [-0.2, 0) is 0 Å². The number of para-hydroxylation sites is 12. The molecule has 0 bridgehead atoms. The van der Waals surface area contributed by atoms with Gasteiger partial charge in [-0.2, -0.15) is 0 Å². The molecule has 0 unspecified atom stereocenters. The summed E-state index contributed by atoms with van der Waals surface area (Å²) < 4.78 is 22.6. The molecular formula is C126H78N6S3. The summed E-state index contributed by atoms with van der Waals surface area (Å²) in [5.41, 5.74) is 28.9. The van der Waals surface area contributed by atoms with E-state index in [-0.39, 0.29) is 0 Å². The van der Waals surface area contributed by atoms with Gasteiger partial charge in [-0.3, -0.25) is 0 Å². The molecule has 630 valence electrons. The molecule has 0 saturated heterocycles. The second kappa shape index (κ2) is 30.9. The molecule has 0 saturated carbocycles. The largest absolute Gasteiger partial charge is 0.309 e. The van der Waals surface area contributed by atoms with Crippen LogP contribution in [0, 0.1) is 0 Å². The molecule has 0 aliphatic carbocycles. The van der Waals surface area contributed by atoms with Gasteiger partial charge in [-0.1, -0.05) is 309 Å². The van der Waals surface area contributed by atoms with Crippen molar-refractivity contribution in [3.63, 3.8) is 0 Å². The predicted octanol–water partition coefficient (Wildman–Crippen LogP) is 35.7. The van der Waals surface area contributed by atoms with Crippen LogP contribution in [0.3, 0.4) is 0 Å². The minimum atomic E-state index is 1.16. The van der Waals surface area contributed by atoms with E-state index in [0.29, 0.717) is 0 Å². The SMILES string of the molecule is c1cc(-c2ccccc2-n2c3ccccc3c3c4c(ccc32)sc2ccccc24)cc(-n2c3ccccc3c3ccccc32)c1.c1cc(-c2ccccc2-n2c3ccccc3c3cc4c(cc32)sc2ccccc24)cc(-n2c3ccccc3c3ccccc32)c1.c1cc(-c2ccccc2-n2c3ccccc3c3ccccc32)cc(-n2c3ccccc3c3cc4c(cc32)sc2ccccc24)c1. The third-order valence-corrected chi connectivity index (χ3v) is 31.3. The van der Waals surface area contributed by atoms with Gasteiger partial charge in [0.1, 0.15) is 0 Å². The average molecular weight is 1770 g/mol. The summed E-state index contributed by atoms with van der Waals surface area (Å²) in [5, 5.41) is 23.4.